The Kier molecular flexibility index (Phi) is 3.92. The van der Waals surface area contributed by atoms with Crippen LogP contribution in [-0.4, -0.2) is 40.6 Å². The molecule has 0 aromatic heterocycles. The molecule has 1 atom stereocenters. The topological polar surface area (TPSA) is 66.6 Å². The number of nitrogens with zero attached hydrogens (tertiary/aromatic N) is 1. The normalized spacial score (nSPS) is 35.3. The third-order valence-electron chi connectivity index (χ3n) is 4.39. The van der Waals surface area contributed by atoms with Crippen molar-refractivity contribution < 1.29 is 9.90 Å². The monoisotopic (exact) mass is 270 g/mol. The van der Waals surface area contributed by atoms with Gasteiger partial charge in [-0.1, -0.05) is 19.1 Å². The lowest BCUT2D eigenvalue weighted by Crippen LogP contribution is -2.56. The Bertz CT molecular complexity index is 353. The molecule has 1 aliphatic carbocycles. The van der Waals surface area contributed by atoms with Crippen molar-refractivity contribution in [2.45, 2.75) is 32.6 Å². The third kappa shape index (κ3) is 2.26. The first-order chi connectivity index (χ1) is 8.49. The lowest BCUT2D eigenvalue weighted by molar-refractivity contribution is -0.143. The number of amides is 1. The van der Waals surface area contributed by atoms with Gasteiger partial charge in [0.05, 0.1) is 10.4 Å². The van der Waals surface area contributed by atoms with Crippen LogP contribution in [0.5, 0.6) is 0 Å². The molecule has 5 heteroatoms. The van der Waals surface area contributed by atoms with E-state index in [1.165, 1.54) is 0 Å². The number of rotatable bonds is 4. The minimum atomic E-state index is -0.567. The molecule has 1 saturated carbocycles. The molecule has 3 N–H and O–H groups in total. The Balaban J connectivity index is 2.01. The van der Waals surface area contributed by atoms with E-state index in [9.17, 15) is 4.79 Å². The van der Waals surface area contributed by atoms with Gasteiger partial charge in [-0.05, 0) is 37.5 Å². The molecule has 0 aromatic rings. The molecule has 1 unspecified atom stereocenters. The smallest absolute Gasteiger partial charge is 0.235 e. The summed E-state index contributed by atoms with van der Waals surface area (Å²) in [5, 5.41) is 8.95. The Morgan fingerprint density at radius 3 is 2.72 bits per heavy atom. The molecule has 18 heavy (non-hydrogen) atoms. The first-order valence-electron chi connectivity index (χ1n) is 6.69. The summed E-state index contributed by atoms with van der Waals surface area (Å²) in [4.78, 5) is 14.8. The fourth-order valence-corrected chi connectivity index (χ4v) is 3.60. The number of likely N-dealkylation sites (tertiary alicyclic amines) is 1. The van der Waals surface area contributed by atoms with E-state index >= 15 is 0 Å². The number of carbonyl (C=O) groups is 1. The molecule has 1 heterocycles. The van der Waals surface area contributed by atoms with Crippen molar-refractivity contribution in [3.05, 3.63) is 0 Å². The maximum Gasteiger partial charge on any atom is 0.235 e. The van der Waals surface area contributed by atoms with Crippen LogP contribution < -0.4 is 5.73 Å². The van der Waals surface area contributed by atoms with E-state index in [4.69, 9.17) is 23.1 Å². The van der Waals surface area contributed by atoms with Crippen molar-refractivity contribution in [3.8, 4) is 0 Å². The summed E-state index contributed by atoms with van der Waals surface area (Å²) in [6.07, 6.45) is 3.35. The van der Waals surface area contributed by atoms with Gasteiger partial charge in [0.2, 0.25) is 5.91 Å². The molecule has 2 rings (SSSR count). The van der Waals surface area contributed by atoms with Gasteiger partial charge in [-0.15, -0.1) is 0 Å². The van der Waals surface area contributed by atoms with Gasteiger partial charge in [0.25, 0.3) is 0 Å². The van der Waals surface area contributed by atoms with Crippen LogP contribution in [0, 0.1) is 17.3 Å². The van der Waals surface area contributed by atoms with Crippen molar-refractivity contribution >= 4 is 23.1 Å². The molecular weight excluding hydrogens is 248 g/mol. The number of aliphatic hydroxyl groups is 1. The van der Waals surface area contributed by atoms with Crippen molar-refractivity contribution in [1.29, 1.82) is 0 Å². The summed E-state index contributed by atoms with van der Waals surface area (Å²) in [5.41, 5.74) is 5.23. The third-order valence-corrected chi connectivity index (χ3v) is 4.78. The summed E-state index contributed by atoms with van der Waals surface area (Å²) in [6, 6.07) is 0. The van der Waals surface area contributed by atoms with E-state index in [0.717, 1.165) is 38.8 Å². The van der Waals surface area contributed by atoms with Gasteiger partial charge < -0.3 is 15.7 Å². The average Bonchev–Trinajstić information content (AvgIpc) is 2.72. The zero-order valence-electron chi connectivity index (χ0n) is 10.9. The quantitative estimate of drug-likeness (QED) is 0.746. The van der Waals surface area contributed by atoms with E-state index < -0.39 is 5.41 Å². The molecule has 0 radical (unpaired) electrons. The van der Waals surface area contributed by atoms with Gasteiger partial charge in [0.15, 0.2) is 0 Å². The fourth-order valence-electron chi connectivity index (χ4n) is 3.35. The van der Waals surface area contributed by atoms with Crippen LogP contribution in [0.2, 0.25) is 0 Å². The molecule has 2 fully saturated rings. The van der Waals surface area contributed by atoms with Gasteiger partial charge in [-0.25, -0.2) is 0 Å². The molecule has 1 aliphatic heterocycles. The highest BCUT2D eigenvalue weighted by molar-refractivity contribution is 7.80. The number of carbonyl (C=O) groups excluding carboxylic acids is 1. The number of hydrogen-bond donors (Lipinski definition) is 2. The zero-order valence-corrected chi connectivity index (χ0v) is 11.7. The van der Waals surface area contributed by atoms with Gasteiger partial charge >= 0.3 is 0 Å². The fraction of sp³-hybridized carbons (Fsp3) is 0.846. The summed E-state index contributed by atoms with van der Waals surface area (Å²) in [5.74, 6) is 1.08. The molecule has 4 nitrogen and oxygen atoms in total. The highest BCUT2D eigenvalue weighted by Crippen LogP contribution is 2.47. The number of thiocarbonyl (C=S) groups is 1. The minimum Gasteiger partial charge on any atom is -0.396 e. The zero-order chi connectivity index (χ0) is 13.3. The van der Waals surface area contributed by atoms with Crippen LogP contribution in [0.3, 0.4) is 0 Å². The lowest BCUT2D eigenvalue weighted by atomic mass is 9.61. The summed E-state index contributed by atoms with van der Waals surface area (Å²) in [6.45, 7) is 3.85. The maximum absolute atomic E-state index is 12.6. The minimum absolute atomic E-state index is 0.119. The molecule has 0 spiro atoms. The first-order valence-corrected chi connectivity index (χ1v) is 7.10. The largest absolute Gasteiger partial charge is 0.396 e. The highest BCUT2D eigenvalue weighted by atomic mass is 32.1. The second-order valence-electron chi connectivity index (χ2n) is 5.88. The van der Waals surface area contributed by atoms with Crippen LogP contribution in [0.15, 0.2) is 0 Å². The number of nitrogens with two attached hydrogens (primary N) is 1. The van der Waals surface area contributed by atoms with Crippen LogP contribution in [0.25, 0.3) is 0 Å². The van der Waals surface area contributed by atoms with E-state index in [2.05, 4.69) is 6.92 Å². The van der Waals surface area contributed by atoms with Crippen molar-refractivity contribution in [3.63, 3.8) is 0 Å². The van der Waals surface area contributed by atoms with Crippen molar-refractivity contribution in [1.82, 2.24) is 4.90 Å². The predicted molar refractivity (Wildman–Crippen MR) is 74.0 cm³/mol. The van der Waals surface area contributed by atoms with Crippen molar-refractivity contribution in [2.24, 2.45) is 23.0 Å². The van der Waals surface area contributed by atoms with Gasteiger partial charge in [0.1, 0.15) is 0 Å². The second kappa shape index (κ2) is 5.13. The summed E-state index contributed by atoms with van der Waals surface area (Å²) >= 11 is 5.12. The Labute approximate surface area is 114 Å². The van der Waals surface area contributed by atoms with Crippen LogP contribution in [-0.2, 0) is 4.79 Å². The van der Waals surface area contributed by atoms with Crippen LogP contribution in [0.4, 0.5) is 0 Å². The SMILES string of the molecule is CC1CC(C(=O)N2CCC(CCO)C2)(C(N)=S)C1. The Hall–Kier alpha value is -0.680. The van der Waals surface area contributed by atoms with E-state index in [-0.39, 0.29) is 12.5 Å². The number of aliphatic hydroxyl groups excluding tert-OH is 1. The molecular formula is C13H22N2O2S. The standard InChI is InChI=1S/C13H22N2O2S/c1-9-6-13(7-9,11(14)18)12(17)15-4-2-10(8-15)3-5-16/h9-10,16H,2-8H2,1H3,(H2,14,18). The maximum atomic E-state index is 12.6. The van der Waals surface area contributed by atoms with E-state index in [1.807, 2.05) is 4.90 Å². The Morgan fingerprint density at radius 1 is 1.56 bits per heavy atom. The summed E-state index contributed by atoms with van der Waals surface area (Å²) < 4.78 is 0. The molecule has 0 aromatic carbocycles. The van der Waals surface area contributed by atoms with Crippen molar-refractivity contribution in [2.75, 3.05) is 19.7 Å². The first kappa shape index (κ1) is 13.7. The molecule has 1 saturated heterocycles. The van der Waals surface area contributed by atoms with Gasteiger partial charge in [-0.2, -0.15) is 0 Å². The molecule has 1 amide bonds. The number of hydrogen-bond acceptors (Lipinski definition) is 3. The highest BCUT2D eigenvalue weighted by Gasteiger charge is 2.53. The van der Waals surface area contributed by atoms with Crippen LogP contribution >= 0.6 is 12.2 Å². The Morgan fingerprint density at radius 2 is 2.22 bits per heavy atom. The molecule has 0 bridgehead atoms. The predicted octanol–water partition coefficient (Wildman–Crippen LogP) is 0.920. The average molecular weight is 270 g/mol. The van der Waals surface area contributed by atoms with E-state index in [1.54, 1.807) is 0 Å². The van der Waals surface area contributed by atoms with E-state index in [0.29, 0.717) is 16.8 Å². The molecule has 102 valence electrons. The lowest BCUT2D eigenvalue weighted by Gasteiger charge is -2.46. The summed E-state index contributed by atoms with van der Waals surface area (Å²) in [7, 11) is 0. The second-order valence-corrected chi connectivity index (χ2v) is 6.32. The van der Waals surface area contributed by atoms with Gasteiger partial charge in [-0.3, -0.25) is 4.79 Å². The molecule has 2 aliphatic rings. The van der Waals surface area contributed by atoms with Gasteiger partial charge in [0, 0.05) is 19.7 Å². The van der Waals surface area contributed by atoms with Crippen LogP contribution in [0.1, 0.15) is 32.6 Å².